The zero-order valence-corrected chi connectivity index (χ0v) is 7.03. The number of amides is 1. The fourth-order valence-corrected chi connectivity index (χ4v) is 1.08. The zero-order valence-electron chi connectivity index (χ0n) is 7.03. The third kappa shape index (κ3) is 1.81. The molecule has 13 heavy (non-hydrogen) atoms. The van der Waals surface area contributed by atoms with Crippen molar-refractivity contribution in [3.05, 3.63) is 24.0 Å². The summed E-state index contributed by atoms with van der Waals surface area (Å²) in [6, 6.07) is 1.91. The molecule has 0 saturated carbocycles. The molecule has 68 valence electrons. The van der Waals surface area contributed by atoms with E-state index in [9.17, 15) is 4.79 Å². The first-order chi connectivity index (χ1) is 6.36. The molecule has 1 aromatic rings. The average Bonchev–Trinajstić information content (AvgIpc) is 2.12. The summed E-state index contributed by atoms with van der Waals surface area (Å²) in [7, 11) is 0. The average molecular weight is 178 g/mol. The van der Waals surface area contributed by atoms with Crippen LogP contribution in [0.5, 0.6) is 0 Å². The molecule has 0 aliphatic carbocycles. The van der Waals surface area contributed by atoms with E-state index in [0.29, 0.717) is 5.56 Å². The van der Waals surface area contributed by atoms with E-state index in [1.165, 1.54) is 12.4 Å². The van der Waals surface area contributed by atoms with Crippen molar-refractivity contribution in [2.24, 2.45) is 0 Å². The van der Waals surface area contributed by atoms with E-state index < -0.39 is 0 Å². The Hall–Kier alpha value is -1.49. The molecule has 1 aromatic heterocycles. The van der Waals surface area contributed by atoms with Gasteiger partial charge in [-0.25, -0.2) is 0 Å². The minimum Gasteiger partial charge on any atom is -0.347 e. The second kappa shape index (κ2) is 3.49. The lowest BCUT2D eigenvalue weighted by molar-refractivity contribution is 0.0923. The lowest BCUT2D eigenvalue weighted by Crippen LogP contribution is -2.56. The maximum atomic E-state index is 11.4. The molecule has 1 amide bonds. The fourth-order valence-electron chi connectivity index (χ4n) is 1.08. The van der Waals surface area contributed by atoms with Gasteiger partial charge in [0.1, 0.15) is 0 Å². The van der Waals surface area contributed by atoms with Gasteiger partial charge in [-0.15, -0.1) is 0 Å². The Kier molecular flexibility index (Phi) is 2.18. The standard InChI is InChI=1S/C8H10N4O/c13-8(12-7-4-9-5-7)6-1-2-10-11-3-6/h1-3,7,9H,4-5H2,(H,12,13). The van der Waals surface area contributed by atoms with Crippen molar-refractivity contribution in [2.45, 2.75) is 6.04 Å². The molecule has 0 atom stereocenters. The van der Waals surface area contributed by atoms with Gasteiger partial charge < -0.3 is 10.6 Å². The van der Waals surface area contributed by atoms with Gasteiger partial charge in [-0.1, -0.05) is 0 Å². The Balaban J connectivity index is 1.97. The third-order valence-corrected chi connectivity index (χ3v) is 1.96. The van der Waals surface area contributed by atoms with Crippen LogP contribution in [0.25, 0.3) is 0 Å². The van der Waals surface area contributed by atoms with Crippen LogP contribution in [0.4, 0.5) is 0 Å². The van der Waals surface area contributed by atoms with E-state index in [1.54, 1.807) is 6.07 Å². The molecular formula is C8H10N4O. The molecule has 1 saturated heterocycles. The summed E-state index contributed by atoms with van der Waals surface area (Å²) in [6.45, 7) is 1.70. The molecule has 0 spiro atoms. The SMILES string of the molecule is O=C(NC1CNC1)c1ccnnc1. The van der Waals surface area contributed by atoms with Crippen molar-refractivity contribution >= 4 is 5.91 Å². The highest BCUT2D eigenvalue weighted by Gasteiger charge is 2.19. The Morgan fingerprint density at radius 2 is 2.38 bits per heavy atom. The number of nitrogens with one attached hydrogen (secondary N) is 2. The smallest absolute Gasteiger partial charge is 0.253 e. The van der Waals surface area contributed by atoms with Crippen LogP contribution >= 0.6 is 0 Å². The highest BCUT2D eigenvalue weighted by molar-refractivity contribution is 5.94. The predicted molar refractivity (Wildman–Crippen MR) is 46.2 cm³/mol. The maximum absolute atomic E-state index is 11.4. The van der Waals surface area contributed by atoms with Gasteiger partial charge in [0.15, 0.2) is 0 Å². The summed E-state index contributed by atoms with van der Waals surface area (Å²) in [6.07, 6.45) is 2.97. The van der Waals surface area contributed by atoms with Crippen LogP contribution in [-0.2, 0) is 0 Å². The monoisotopic (exact) mass is 178 g/mol. The number of nitrogens with zero attached hydrogens (tertiary/aromatic N) is 2. The van der Waals surface area contributed by atoms with Gasteiger partial charge in [0, 0.05) is 13.1 Å². The number of hydrogen-bond donors (Lipinski definition) is 2. The van der Waals surface area contributed by atoms with Gasteiger partial charge in [-0.2, -0.15) is 10.2 Å². The summed E-state index contributed by atoms with van der Waals surface area (Å²) >= 11 is 0. The molecule has 0 bridgehead atoms. The Labute approximate surface area is 75.6 Å². The number of rotatable bonds is 2. The predicted octanol–water partition coefficient (Wildman–Crippen LogP) is -0.822. The van der Waals surface area contributed by atoms with E-state index in [1.807, 2.05) is 0 Å². The molecule has 0 aromatic carbocycles. The van der Waals surface area contributed by atoms with Gasteiger partial charge in [-0.3, -0.25) is 4.79 Å². The van der Waals surface area contributed by atoms with Crippen LogP contribution in [0, 0.1) is 0 Å². The number of hydrogen-bond acceptors (Lipinski definition) is 4. The summed E-state index contributed by atoms with van der Waals surface area (Å²) in [5.74, 6) is -0.0820. The molecule has 0 unspecified atom stereocenters. The van der Waals surface area contributed by atoms with E-state index in [0.717, 1.165) is 13.1 Å². The summed E-state index contributed by atoms with van der Waals surface area (Å²) < 4.78 is 0. The van der Waals surface area contributed by atoms with Gasteiger partial charge in [-0.05, 0) is 6.07 Å². The molecule has 1 aliphatic rings. The first-order valence-corrected chi connectivity index (χ1v) is 4.14. The quantitative estimate of drug-likeness (QED) is 0.621. The molecule has 2 rings (SSSR count). The number of carbonyl (C=O) groups is 1. The van der Waals surface area contributed by atoms with Gasteiger partial charge in [0.2, 0.25) is 0 Å². The summed E-state index contributed by atoms with van der Waals surface area (Å²) in [4.78, 5) is 11.4. The Morgan fingerprint density at radius 1 is 1.54 bits per heavy atom. The van der Waals surface area contributed by atoms with Crippen molar-refractivity contribution in [3.63, 3.8) is 0 Å². The van der Waals surface area contributed by atoms with Crippen LogP contribution in [0.1, 0.15) is 10.4 Å². The minimum absolute atomic E-state index is 0.0820. The number of aromatic nitrogens is 2. The molecule has 2 heterocycles. The Bertz CT molecular complexity index is 296. The van der Waals surface area contributed by atoms with Gasteiger partial charge in [0.25, 0.3) is 5.91 Å². The molecule has 2 N–H and O–H groups in total. The molecule has 5 nitrogen and oxygen atoms in total. The topological polar surface area (TPSA) is 66.9 Å². The van der Waals surface area contributed by atoms with Crippen molar-refractivity contribution < 1.29 is 4.79 Å². The van der Waals surface area contributed by atoms with Crippen molar-refractivity contribution in [1.29, 1.82) is 0 Å². The highest BCUT2D eigenvalue weighted by atomic mass is 16.1. The van der Waals surface area contributed by atoms with Crippen LogP contribution in [0.3, 0.4) is 0 Å². The van der Waals surface area contributed by atoms with Crippen LogP contribution in [-0.4, -0.2) is 35.2 Å². The largest absolute Gasteiger partial charge is 0.347 e. The lowest BCUT2D eigenvalue weighted by atomic mass is 10.1. The van der Waals surface area contributed by atoms with E-state index >= 15 is 0 Å². The maximum Gasteiger partial charge on any atom is 0.253 e. The highest BCUT2D eigenvalue weighted by Crippen LogP contribution is 1.97. The third-order valence-electron chi connectivity index (χ3n) is 1.96. The second-order valence-corrected chi connectivity index (χ2v) is 2.96. The molecule has 1 fully saturated rings. The zero-order chi connectivity index (χ0) is 9.10. The van der Waals surface area contributed by atoms with Crippen molar-refractivity contribution in [2.75, 3.05) is 13.1 Å². The molecule has 1 aliphatic heterocycles. The molecule has 5 heteroatoms. The van der Waals surface area contributed by atoms with E-state index in [2.05, 4.69) is 20.8 Å². The van der Waals surface area contributed by atoms with Crippen molar-refractivity contribution in [3.8, 4) is 0 Å². The van der Waals surface area contributed by atoms with Gasteiger partial charge >= 0.3 is 0 Å². The van der Waals surface area contributed by atoms with Gasteiger partial charge in [0.05, 0.1) is 24.0 Å². The van der Waals surface area contributed by atoms with Crippen LogP contribution in [0.15, 0.2) is 18.5 Å². The minimum atomic E-state index is -0.0820. The first-order valence-electron chi connectivity index (χ1n) is 4.14. The normalized spacial score (nSPS) is 16.3. The number of carbonyl (C=O) groups excluding carboxylic acids is 1. The van der Waals surface area contributed by atoms with Crippen LogP contribution < -0.4 is 10.6 Å². The fraction of sp³-hybridized carbons (Fsp3) is 0.375. The van der Waals surface area contributed by atoms with E-state index in [4.69, 9.17) is 0 Å². The molecule has 0 radical (unpaired) electrons. The van der Waals surface area contributed by atoms with Crippen LogP contribution in [0.2, 0.25) is 0 Å². The first kappa shape index (κ1) is 8.12. The lowest BCUT2D eigenvalue weighted by Gasteiger charge is -2.27. The molecular weight excluding hydrogens is 168 g/mol. The summed E-state index contributed by atoms with van der Waals surface area (Å²) in [5, 5.41) is 13.2. The summed E-state index contributed by atoms with van der Waals surface area (Å²) in [5.41, 5.74) is 0.557. The van der Waals surface area contributed by atoms with E-state index in [-0.39, 0.29) is 11.9 Å². The Morgan fingerprint density at radius 3 is 2.92 bits per heavy atom. The van der Waals surface area contributed by atoms with Crippen molar-refractivity contribution in [1.82, 2.24) is 20.8 Å². The second-order valence-electron chi connectivity index (χ2n) is 2.96.